The molecule has 3 aromatic rings. The Kier molecular flexibility index (Phi) is 5.30. The average Bonchev–Trinajstić information content (AvgIpc) is 3.06. The number of carbonyl (C=O) groups excluding carboxylic acids is 1. The molecule has 0 bridgehead atoms. The van der Waals surface area contributed by atoms with E-state index in [1.165, 1.54) is 23.9 Å². The minimum absolute atomic E-state index is 0.139. The van der Waals surface area contributed by atoms with Crippen LogP contribution in [-0.2, 0) is 4.79 Å². The van der Waals surface area contributed by atoms with E-state index in [9.17, 15) is 9.18 Å². The molecule has 3 rings (SSSR count). The van der Waals surface area contributed by atoms with Gasteiger partial charge in [-0.1, -0.05) is 41.6 Å². The van der Waals surface area contributed by atoms with Crippen LogP contribution in [0.1, 0.15) is 6.92 Å². The van der Waals surface area contributed by atoms with Crippen LogP contribution in [0.25, 0.3) is 5.69 Å². The van der Waals surface area contributed by atoms with Crippen molar-refractivity contribution in [2.75, 3.05) is 5.32 Å². The van der Waals surface area contributed by atoms with Gasteiger partial charge in [-0.25, -0.2) is 4.39 Å². The fraction of sp³-hybridized carbons (Fsp3) is 0.125. The molecule has 1 atom stereocenters. The molecule has 0 fully saturated rings. The highest BCUT2D eigenvalue weighted by Gasteiger charge is 2.20. The standard InChI is InChI=1S/C16H13ClFN5OS/c1-10(15(24)19-14-8-7-11(18)9-13(14)17)25-16-20-21-22-23(16)12-5-3-2-4-6-12/h2-10H,1H3,(H,19,24)/t10-/m0/s1. The van der Waals surface area contributed by atoms with Crippen LogP contribution in [0.2, 0.25) is 5.02 Å². The van der Waals surface area contributed by atoms with Crippen molar-refractivity contribution in [2.24, 2.45) is 0 Å². The van der Waals surface area contributed by atoms with E-state index < -0.39 is 11.1 Å². The Morgan fingerprint density at radius 1 is 1.28 bits per heavy atom. The summed E-state index contributed by atoms with van der Waals surface area (Å²) in [5, 5.41) is 14.4. The topological polar surface area (TPSA) is 72.7 Å². The predicted octanol–water partition coefficient (Wildman–Crippen LogP) is 3.57. The van der Waals surface area contributed by atoms with Gasteiger partial charge in [-0.2, -0.15) is 4.68 Å². The van der Waals surface area contributed by atoms with Crippen LogP contribution < -0.4 is 5.32 Å². The summed E-state index contributed by atoms with van der Waals surface area (Å²) in [5.74, 6) is -0.756. The number of anilines is 1. The molecule has 1 amide bonds. The summed E-state index contributed by atoms with van der Waals surface area (Å²) in [7, 11) is 0. The summed E-state index contributed by atoms with van der Waals surface area (Å²) in [6.07, 6.45) is 0. The number of hydrogen-bond donors (Lipinski definition) is 1. The molecule has 6 nitrogen and oxygen atoms in total. The number of amides is 1. The number of rotatable bonds is 5. The summed E-state index contributed by atoms with van der Waals surface area (Å²) in [4.78, 5) is 12.4. The number of halogens is 2. The van der Waals surface area contributed by atoms with Gasteiger partial charge in [0, 0.05) is 0 Å². The van der Waals surface area contributed by atoms with Crippen LogP contribution in [0.15, 0.2) is 53.7 Å². The maximum Gasteiger partial charge on any atom is 0.237 e. The SMILES string of the molecule is C[C@H](Sc1nnnn1-c1ccccc1)C(=O)Nc1ccc(F)cc1Cl. The van der Waals surface area contributed by atoms with Gasteiger partial charge in [0.25, 0.3) is 0 Å². The van der Waals surface area contributed by atoms with E-state index in [0.29, 0.717) is 10.8 Å². The number of nitrogens with one attached hydrogen (secondary N) is 1. The van der Waals surface area contributed by atoms with Gasteiger partial charge < -0.3 is 5.32 Å². The fourth-order valence-electron chi connectivity index (χ4n) is 2.02. The first-order valence-electron chi connectivity index (χ1n) is 7.31. The molecule has 0 unspecified atom stereocenters. The molecule has 0 radical (unpaired) electrons. The van der Waals surface area contributed by atoms with E-state index >= 15 is 0 Å². The molecule has 25 heavy (non-hydrogen) atoms. The van der Waals surface area contributed by atoms with Crippen LogP contribution in [-0.4, -0.2) is 31.4 Å². The number of aromatic nitrogens is 4. The molecule has 128 valence electrons. The third-order valence-corrected chi connectivity index (χ3v) is 4.63. The zero-order valence-electron chi connectivity index (χ0n) is 13.1. The van der Waals surface area contributed by atoms with E-state index in [2.05, 4.69) is 20.8 Å². The lowest BCUT2D eigenvalue weighted by Crippen LogP contribution is -2.23. The number of thioether (sulfide) groups is 1. The third kappa shape index (κ3) is 4.15. The summed E-state index contributed by atoms with van der Waals surface area (Å²) < 4.78 is 14.6. The Hall–Kier alpha value is -2.45. The van der Waals surface area contributed by atoms with Gasteiger partial charge in [0.05, 0.1) is 21.6 Å². The van der Waals surface area contributed by atoms with E-state index in [-0.39, 0.29) is 10.9 Å². The number of benzene rings is 2. The second-order valence-electron chi connectivity index (χ2n) is 5.08. The second-order valence-corrected chi connectivity index (χ2v) is 6.80. The van der Waals surface area contributed by atoms with Crippen LogP contribution in [0.5, 0.6) is 0 Å². The van der Waals surface area contributed by atoms with Crippen molar-refractivity contribution < 1.29 is 9.18 Å². The lowest BCUT2D eigenvalue weighted by molar-refractivity contribution is -0.115. The Morgan fingerprint density at radius 3 is 2.76 bits per heavy atom. The van der Waals surface area contributed by atoms with Crippen molar-refractivity contribution in [1.29, 1.82) is 0 Å². The van der Waals surface area contributed by atoms with Crippen LogP contribution in [0.3, 0.4) is 0 Å². The van der Waals surface area contributed by atoms with Crippen molar-refractivity contribution in [3.05, 3.63) is 59.4 Å². The predicted molar refractivity (Wildman–Crippen MR) is 94.5 cm³/mol. The molecular formula is C16H13ClFN5OS. The van der Waals surface area contributed by atoms with Crippen molar-refractivity contribution in [1.82, 2.24) is 20.2 Å². The summed E-state index contributed by atoms with van der Waals surface area (Å²) in [6, 6.07) is 13.2. The van der Waals surface area contributed by atoms with E-state index in [0.717, 1.165) is 11.8 Å². The first-order chi connectivity index (χ1) is 12.0. The normalized spacial score (nSPS) is 12.0. The highest BCUT2D eigenvalue weighted by Crippen LogP contribution is 2.26. The highest BCUT2D eigenvalue weighted by molar-refractivity contribution is 8.00. The minimum Gasteiger partial charge on any atom is -0.324 e. The molecule has 1 aromatic heterocycles. The number of tetrazole rings is 1. The molecule has 0 spiro atoms. The molecular weight excluding hydrogens is 365 g/mol. The van der Waals surface area contributed by atoms with Crippen molar-refractivity contribution in [2.45, 2.75) is 17.3 Å². The first-order valence-corrected chi connectivity index (χ1v) is 8.57. The maximum absolute atomic E-state index is 13.1. The molecule has 1 heterocycles. The fourth-order valence-corrected chi connectivity index (χ4v) is 3.04. The van der Waals surface area contributed by atoms with Crippen molar-refractivity contribution >= 4 is 35.0 Å². The first kappa shape index (κ1) is 17.4. The van der Waals surface area contributed by atoms with Crippen LogP contribution >= 0.6 is 23.4 Å². The Bertz CT molecular complexity index is 889. The molecule has 0 saturated carbocycles. The van der Waals surface area contributed by atoms with Gasteiger partial charge in [-0.05, 0) is 47.7 Å². The molecule has 0 aliphatic rings. The minimum atomic E-state index is -0.491. The smallest absolute Gasteiger partial charge is 0.237 e. The molecule has 0 saturated heterocycles. The van der Waals surface area contributed by atoms with E-state index in [1.807, 2.05) is 30.3 Å². The lowest BCUT2D eigenvalue weighted by Gasteiger charge is -2.12. The lowest BCUT2D eigenvalue weighted by atomic mass is 10.3. The highest BCUT2D eigenvalue weighted by atomic mass is 35.5. The van der Waals surface area contributed by atoms with Crippen molar-refractivity contribution in [3.63, 3.8) is 0 Å². The Morgan fingerprint density at radius 2 is 2.04 bits per heavy atom. The van der Waals surface area contributed by atoms with Crippen LogP contribution in [0.4, 0.5) is 10.1 Å². The van der Waals surface area contributed by atoms with Gasteiger partial charge in [0.15, 0.2) is 0 Å². The van der Waals surface area contributed by atoms with Crippen LogP contribution in [0, 0.1) is 5.82 Å². The van der Waals surface area contributed by atoms with Gasteiger partial charge in [0.1, 0.15) is 5.82 Å². The third-order valence-electron chi connectivity index (χ3n) is 3.28. The second kappa shape index (κ2) is 7.62. The summed E-state index contributed by atoms with van der Waals surface area (Å²) in [6.45, 7) is 1.72. The maximum atomic E-state index is 13.1. The molecule has 0 aliphatic carbocycles. The largest absolute Gasteiger partial charge is 0.324 e. The average molecular weight is 378 g/mol. The van der Waals surface area contributed by atoms with Gasteiger partial charge in [-0.3, -0.25) is 4.79 Å². The zero-order chi connectivity index (χ0) is 17.8. The summed E-state index contributed by atoms with van der Waals surface area (Å²) in [5.41, 5.74) is 1.15. The van der Waals surface area contributed by atoms with E-state index in [1.54, 1.807) is 11.6 Å². The van der Waals surface area contributed by atoms with Crippen molar-refractivity contribution in [3.8, 4) is 5.69 Å². The molecule has 9 heteroatoms. The number of hydrogen-bond acceptors (Lipinski definition) is 5. The number of para-hydroxylation sites is 1. The molecule has 2 aromatic carbocycles. The van der Waals surface area contributed by atoms with Gasteiger partial charge in [0.2, 0.25) is 11.1 Å². The monoisotopic (exact) mass is 377 g/mol. The van der Waals surface area contributed by atoms with Gasteiger partial charge >= 0.3 is 0 Å². The molecule has 1 N–H and O–H groups in total. The quantitative estimate of drug-likeness (QED) is 0.688. The Balaban J connectivity index is 1.71. The Labute approximate surface area is 152 Å². The van der Waals surface area contributed by atoms with Gasteiger partial charge in [-0.15, -0.1) is 5.10 Å². The number of carbonyl (C=O) groups is 1. The molecule has 0 aliphatic heterocycles. The number of nitrogens with zero attached hydrogens (tertiary/aromatic N) is 4. The van der Waals surface area contributed by atoms with E-state index in [4.69, 9.17) is 11.6 Å². The zero-order valence-corrected chi connectivity index (χ0v) is 14.6. The summed E-state index contributed by atoms with van der Waals surface area (Å²) >= 11 is 7.13.